The predicted octanol–water partition coefficient (Wildman–Crippen LogP) is 3.39. The molecule has 7 heteroatoms. The SMILES string of the molecule is CC(NC(=O)OCC1c2ccccc2-c2ccccc21)C(=O)NCC(C(=O)O)C(C)C. The predicted molar refractivity (Wildman–Crippen MR) is 117 cm³/mol. The van der Waals surface area contributed by atoms with Crippen LogP contribution in [-0.2, 0) is 14.3 Å². The summed E-state index contributed by atoms with van der Waals surface area (Å²) in [5, 5.41) is 14.3. The Hall–Kier alpha value is -3.35. The Kier molecular flexibility index (Phi) is 6.95. The Balaban J connectivity index is 1.54. The maximum atomic E-state index is 12.3. The summed E-state index contributed by atoms with van der Waals surface area (Å²) in [4.78, 5) is 35.8. The lowest BCUT2D eigenvalue weighted by atomic mass is 9.96. The first-order chi connectivity index (χ1) is 14.8. The van der Waals surface area contributed by atoms with Crippen molar-refractivity contribution in [1.29, 1.82) is 0 Å². The highest BCUT2D eigenvalue weighted by molar-refractivity contribution is 5.85. The molecule has 2 amide bonds. The van der Waals surface area contributed by atoms with E-state index in [1.54, 1.807) is 13.8 Å². The van der Waals surface area contributed by atoms with Gasteiger partial charge in [0.2, 0.25) is 5.91 Å². The van der Waals surface area contributed by atoms with Gasteiger partial charge in [0, 0.05) is 12.5 Å². The van der Waals surface area contributed by atoms with E-state index in [-0.39, 0.29) is 25.0 Å². The van der Waals surface area contributed by atoms with E-state index in [1.165, 1.54) is 6.92 Å². The summed E-state index contributed by atoms with van der Waals surface area (Å²) in [6, 6.07) is 15.2. The molecule has 1 aliphatic carbocycles. The van der Waals surface area contributed by atoms with Gasteiger partial charge in [-0.15, -0.1) is 0 Å². The minimum Gasteiger partial charge on any atom is -0.481 e. The van der Waals surface area contributed by atoms with E-state index in [1.807, 2.05) is 36.4 Å². The number of carboxylic acid groups (broad SMARTS) is 1. The van der Waals surface area contributed by atoms with Crippen molar-refractivity contribution in [3.63, 3.8) is 0 Å². The van der Waals surface area contributed by atoms with E-state index >= 15 is 0 Å². The average molecular weight is 424 g/mol. The largest absolute Gasteiger partial charge is 0.481 e. The molecule has 0 spiro atoms. The molecule has 31 heavy (non-hydrogen) atoms. The Morgan fingerprint density at radius 3 is 2.03 bits per heavy atom. The molecule has 0 aromatic heterocycles. The van der Waals surface area contributed by atoms with Gasteiger partial charge in [-0.05, 0) is 35.1 Å². The van der Waals surface area contributed by atoms with Crippen molar-refractivity contribution in [2.45, 2.75) is 32.7 Å². The first-order valence-electron chi connectivity index (χ1n) is 10.4. The van der Waals surface area contributed by atoms with Crippen molar-refractivity contribution in [3.05, 3.63) is 59.7 Å². The van der Waals surface area contributed by atoms with Crippen molar-refractivity contribution in [1.82, 2.24) is 10.6 Å². The van der Waals surface area contributed by atoms with Crippen molar-refractivity contribution >= 4 is 18.0 Å². The molecule has 164 valence electrons. The van der Waals surface area contributed by atoms with E-state index in [4.69, 9.17) is 4.74 Å². The second-order valence-electron chi connectivity index (χ2n) is 8.13. The topological polar surface area (TPSA) is 105 Å². The van der Waals surface area contributed by atoms with Gasteiger partial charge < -0.3 is 20.5 Å². The first-order valence-corrected chi connectivity index (χ1v) is 10.4. The van der Waals surface area contributed by atoms with Crippen LogP contribution in [-0.4, -0.2) is 42.3 Å². The number of carbonyl (C=O) groups is 3. The van der Waals surface area contributed by atoms with Gasteiger partial charge in [-0.2, -0.15) is 0 Å². The Morgan fingerprint density at radius 1 is 0.968 bits per heavy atom. The van der Waals surface area contributed by atoms with Crippen LogP contribution in [0.3, 0.4) is 0 Å². The van der Waals surface area contributed by atoms with Gasteiger partial charge in [-0.25, -0.2) is 4.79 Å². The summed E-state index contributed by atoms with van der Waals surface area (Å²) in [6.45, 7) is 5.25. The van der Waals surface area contributed by atoms with Crippen molar-refractivity contribution in [3.8, 4) is 11.1 Å². The molecular formula is C24H28N2O5. The van der Waals surface area contributed by atoms with E-state index in [9.17, 15) is 19.5 Å². The molecule has 0 fully saturated rings. The fraction of sp³-hybridized carbons (Fsp3) is 0.375. The van der Waals surface area contributed by atoms with Crippen LogP contribution in [0.5, 0.6) is 0 Å². The molecular weight excluding hydrogens is 396 g/mol. The number of hydrogen-bond donors (Lipinski definition) is 3. The van der Waals surface area contributed by atoms with E-state index < -0.39 is 29.9 Å². The molecule has 3 rings (SSSR count). The number of benzene rings is 2. The highest BCUT2D eigenvalue weighted by Crippen LogP contribution is 2.44. The van der Waals surface area contributed by atoms with Gasteiger partial charge in [0.15, 0.2) is 0 Å². The number of amides is 2. The zero-order valence-corrected chi connectivity index (χ0v) is 17.9. The number of rotatable bonds is 8. The zero-order valence-electron chi connectivity index (χ0n) is 17.9. The molecule has 0 bridgehead atoms. The second-order valence-corrected chi connectivity index (χ2v) is 8.13. The number of aliphatic carboxylic acids is 1. The molecule has 3 N–H and O–H groups in total. The average Bonchev–Trinajstić information content (AvgIpc) is 3.05. The molecule has 2 aromatic carbocycles. The Labute approximate surface area is 181 Å². The van der Waals surface area contributed by atoms with Gasteiger partial charge in [-0.3, -0.25) is 9.59 Å². The quantitative estimate of drug-likeness (QED) is 0.603. The summed E-state index contributed by atoms with van der Waals surface area (Å²) < 4.78 is 5.44. The van der Waals surface area contributed by atoms with Gasteiger partial charge in [0.1, 0.15) is 12.6 Å². The molecule has 0 saturated heterocycles. The molecule has 2 aromatic rings. The lowest BCUT2D eigenvalue weighted by Crippen LogP contribution is -2.47. The summed E-state index contributed by atoms with van der Waals surface area (Å²) >= 11 is 0. The summed E-state index contributed by atoms with van der Waals surface area (Å²) in [5.74, 6) is -2.30. The number of carbonyl (C=O) groups excluding carboxylic acids is 2. The summed E-state index contributed by atoms with van der Waals surface area (Å²) in [6.07, 6.45) is -0.692. The van der Waals surface area contributed by atoms with E-state index in [0.717, 1.165) is 22.3 Å². The van der Waals surface area contributed by atoms with Gasteiger partial charge in [0.25, 0.3) is 0 Å². The fourth-order valence-electron chi connectivity index (χ4n) is 3.85. The minimum atomic E-state index is -0.965. The van der Waals surface area contributed by atoms with Crippen molar-refractivity contribution in [2.75, 3.05) is 13.2 Å². The Bertz CT molecular complexity index is 926. The van der Waals surface area contributed by atoms with Crippen molar-refractivity contribution < 1.29 is 24.2 Å². The van der Waals surface area contributed by atoms with Crippen LogP contribution < -0.4 is 10.6 Å². The molecule has 0 saturated carbocycles. The normalized spacial score (nSPS) is 14.3. The fourth-order valence-corrected chi connectivity index (χ4v) is 3.85. The van der Waals surface area contributed by atoms with Crippen LogP contribution in [0.1, 0.15) is 37.8 Å². The maximum Gasteiger partial charge on any atom is 0.407 e. The Morgan fingerprint density at radius 2 is 1.52 bits per heavy atom. The van der Waals surface area contributed by atoms with Crippen molar-refractivity contribution in [2.24, 2.45) is 11.8 Å². The van der Waals surface area contributed by atoms with E-state index in [0.29, 0.717) is 0 Å². The number of nitrogens with one attached hydrogen (secondary N) is 2. The van der Waals surface area contributed by atoms with Gasteiger partial charge in [0.05, 0.1) is 5.92 Å². The van der Waals surface area contributed by atoms with Gasteiger partial charge >= 0.3 is 12.1 Å². The number of carboxylic acids is 1. The summed E-state index contributed by atoms with van der Waals surface area (Å²) in [5.41, 5.74) is 4.49. The third kappa shape index (κ3) is 5.05. The number of ether oxygens (including phenoxy) is 1. The smallest absolute Gasteiger partial charge is 0.407 e. The molecule has 1 aliphatic rings. The third-order valence-electron chi connectivity index (χ3n) is 5.69. The molecule has 0 aliphatic heterocycles. The van der Waals surface area contributed by atoms with Crippen LogP contribution in [0, 0.1) is 11.8 Å². The first kappa shape index (κ1) is 22.3. The summed E-state index contributed by atoms with van der Waals surface area (Å²) in [7, 11) is 0. The van der Waals surface area contributed by atoms with Gasteiger partial charge in [-0.1, -0.05) is 62.4 Å². The lowest BCUT2D eigenvalue weighted by Gasteiger charge is -2.20. The van der Waals surface area contributed by atoms with Crippen LogP contribution in [0.2, 0.25) is 0 Å². The van der Waals surface area contributed by atoms with Crippen LogP contribution >= 0.6 is 0 Å². The highest BCUT2D eigenvalue weighted by Gasteiger charge is 2.29. The number of fused-ring (bicyclic) bond motifs is 3. The molecule has 2 atom stereocenters. The molecule has 2 unspecified atom stereocenters. The zero-order chi connectivity index (χ0) is 22.5. The minimum absolute atomic E-state index is 0.00252. The van der Waals surface area contributed by atoms with Crippen LogP contribution in [0.15, 0.2) is 48.5 Å². The van der Waals surface area contributed by atoms with E-state index in [2.05, 4.69) is 22.8 Å². The van der Waals surface area contributed by atoms with Crippen LogP contribution in [0.4, 0.5) is 4.79 Å². The monoisotopic (exact) mass is 424 g/mol. The van der Waals surface area contributed by atoms with Crippen LogP contribution in [0.25, 0.3) is 11.1 Å². The molecule has 0 heterocycles. The molecule has 7 nitrogen and oxygen atoms in total. The number of hydrogen-bond acceptors (Lipinski definition) is 4. The second kappa shape index (κ2) is 9.64. The third-order valence-corrected chi connectivity index (χ3v) is 5.69. The maximum absolute atomic E-state index is 12.3. The standard InChI is InChI=1S/C24H28N2O5/c1-14(2)20(23(28)29)12-25-22(27)15(3)26-24(30)31-13-21-18-10-6-4-8-16(18)17-9-5-7-11-19(17)21/h4-11,14-15,20-21H,12-13H2,1-3H3,(H,25,27)(H,26,30)(H,28,29). The molecule has 0 radical (unpaired) electrons. The number of alkyl carbamates (subject to hydrolysis) is 1. The highest BCUT2D eigenvalue weighted by atomic mass is 16.5. The lowest BCUT2D eigenvalue weighted by molar-refractivity contribution is -0.143.